The van der Waals surface area contributed by atoms with E-state index in [2.05, 4.69) is 34.2 Å². The van der Waals surface area contributed by atoms with Gasteiger partial charge in [-0.3, -0.25) is 0 Å². The summed E-state index contributed by atoms with van der Waals surface area (Å²) in [5.74, 6) is 0.800. The van der Waals surface area contributed by atoms with Crippen LogP contribution >= 0.6 is 0 Å². The SMILES string of the molecule is CCOC(=O)c1nnn(Cc2ncnn2CC(C)C)c1C. The number of nitrogens with zero attached hydrogens (tertiary/aromatic N) is 6. The van der Waals surface area contributed by atoms with Gasteiger partial charge in [0.05, 0.1) is 12.3 Å². The molecule has 2 aromatic heterocycles. The van der Waals surface area contributed by atoms with E-state index in [1.54, 1.807) is 18.5 Å². The Balaban J connectivity index is 2.17. The summed E-state index contributed by atoms with van der Waals surface area (Å²) in [6, 6.07) is 0. The van der Waals surface area contributed by atoms with Gasteiger partial charge in [0.25, 0.3) is 0 Å². The molecule has 2 heterocycles. The number of ether oxygens (including phenoxy) is 1. The fraction of sp³-hybridized carbons (Fsp3) is 0.615. The normalized spacial score (nSPS) is 11.1. The minimum absolute atomic E-state index is 0.242. The van der Waals surface area contributed by atoms with Crippen LogP contribution in [0.3, 0.4) is 0 Å². The van der Waals surface area contributed by atoms with Gasteiger partial charge in [0.1, 0.15) is 18.7 Å². The molecular weight excluding hydrogens is 272 g/mol. The van der Waals surface area contributed by atoms with Crippen LogP contribution in [0, 0.1) is 12.8 Å². The second-order valence-corrected chi connectivity index (χ2v) is 5.15. The Labute approximate surface area is 123 Å². The topological polar surface area (TPSA) is 87.7 Å². The molecule has 0 unspecified atom stereocenters. The van der Waals surface area contributed by atoms with Crippen molar-refractivity contribution in [1.29, 1.82) is 0 Å². The van der Waals surface area contributed by atoms with Crippen LogP contribution in [0.1, 0.15) is 42.8 Å². The van der Waals surface area contributed by atoms with Gasteiger partial charge in [-0.1, -0.05) is 19.1 Å². The number of rotatable bonds is 6. The highest BCUT2D eigenvalue weighted by Crippen LogP contribution is 2.09. The minimum Gasteiger partial charge on any atom is -0.461 e. The highest BCUT2D eigenvalue weighted by Gasteiger charge is 2.18. The van der Waals surface area contributed by atoms with Crippen molar-refractivity contribution >= 4 is 5.97 Å². The third-order valence-corrected chi connectivity index (χ3v) is 2.98. The van der Waals surface area contributed by atoms with E-state index in [0.29, 0.717) is 24.8 Å². The second-order valence-electron chi connectivity index (χ2n) is 5.15. The first-order valence-electron chi connectivity index (χ1n) is 6.96. The molecule has 0 saturated heterocycles. The van der Waals surface area contributed by atoms with E-state index in [9.17, 15) is 4.79 Å². The molecule has 0 aromatic carbocycles. The maximum absolute atomic E-state index is 11.7. The maximum atomic E-state index is 11.7. The Bertz CT molecular complexity index is 616. The molecule has 0 bridgehead atoms. The molecule has 21 heavy (non-hydrogen) atoms. The van der Waals surface area contributed by atoms with E-state index >= 15 is 0 Å². The zero-order valence-electron chi connectivity index (χ0n) is 12.8. The van der Waals surface area contributed by atoms with Gasteiger partial charge in [0, 0.05) is 6.54 Å². The van der Waals surface area contributed by atoms with Gasteiger partial charge in [-0.15, -0.1) is 5.10 Å². The van der Waals surface area contributed by atoms with E-state index in [4.69, 9.17) is 4.74 Å². The monoisotopic (exact) mass is 292 g/mol. The Hall–Kier alpha value is -2.25. The first-order chi connectivity index (χ1) is 10.0. The Morgan fingerprint density at radius 2 is 2.14 bits per heavy atom. The molecule has 2 rings (SSSR count). The largest absolute Gasteiger partial charge is 0.461 e. The Morgan fingerprint density at radius 1 is 1.38 bits per heavy atom. The van der Waals surface area contributed by atoms with Crippen molar-refractivity contribution in [3.63, 3.8) is 0 Å². The standard InChI is InChI=1S/C13H20N6O2/c1-5-21-13(20)12-10(4)18(17-16-12)7-11-14-8-15-19(11)6-9(2)3/h8-9H,5-7H2,1-4H3. The van der Waals surface area contributed by atoms with Gasteiger partial charge >= 0.3 is 5.97 Å². The lowest BCUT2D eigenvalue weighted by molar-refractivity contribution is 0.0518. The van der Waals surface area contributed by atoms with Gasteiger partial charge in [-0.2, -0.15) is 5.10 Å². The zero-order chi connectivity index (χ0) is 15.4. The molecule has 0 aliphatic rings. The Kier molecular flexibility index (Phi) is 4.66. The Morgan fingerprint density at radius 3 is 2.81 bits per heavy atom. The zero-order valence-corrected chi connectivity index (χ0v) is 12.8. The summed E-state index contributed by atoms with van der Waals surface area (Å²) in [7, 11) is 0. The highest BCUT2D eigenvalue weighted by molar-refractivity contribution is 5.88. The van der Waals surface area contributed by atoms with E-state index in [-0.39, 0.29) is 5.69 Å². The molecular formula is C13H20N6O2. The molecule has 2 aromatic rings. The lowest BCUT2D eigenvalue weighted by atomic mass is 10.2. The van der Waals surface area contributed by atoms with E-state index in [0.717, 1.165) is 12.4 Å². The van der Waals surface area contributed by atoms with E-state index < -0.39 is 5.97 Å². The average Bonchev–Trinajstić information content (AvgIpc) is 2.98. The summed E-state index contributed by atoms with van der Waals surface area (Å²) in [5.41, 5.74) is 0.902. The first kappa shape index (κ1) is 15.1. The predicted octanol–water partition coefficient (Wildman–Crippen LogP) is 1.06. The predicted molar refractivity (Wildman–Crippen MR) is 74.7 cm³/mol. The molecule has 0 aliphatic heterocycles. The van der Waals surface area contributed by atoms with Crippen LogP contribution in [0.25, 0.3) is 0 Å². The number of esters is 1. The summed E-state index contributed by atoms with van der Waals surface area (Å²) in [6.07, 6.45) is 1.52. The summed E-state index contributed by atoms with van der Waals surface area (Å²) in [5, 5.41) is 12.1. The first-order valence-corrected chi connectivity index (χ1v) is 6.96. The fourth-order valence-corrected chi connectivity index (χ4v) is 1.94. The van der Waals surface area contributed by atoms with Gasteiger partial charge in [-0.05, 0) is 19.8 Å². The molecule has 114 valence electrons. The summed E-state index contributed by atoms with van der Waals surface area (Å²) >= 11 is 0. The van der Waals surface area contributed by atoms with Crippen LogP contribution in [-0.4, -0.2) is 42.3 Å². The van der Waals surface area contributed by atoms with Crippen LogP contribution in [0.2, 0.25) is 0 Å². The van der Waals surface area contributed by atoms with Crippen molar-refractivity contribution in [2.45, 2.75) is 40.8 Å². The van der Waals surface area contributed by atoms with Crippen molar-refractivity contribution in [3.05, 3.63) is 23.5 Å². The van der Waals surface area contributed by atoms with Crippen molar-refractivity contribution < 1.29 is 9.53 Å². The molecule has 0 atom stereocenters. The molecule has 0 fully saturated rings. The van der Waals surface area contributed by atoms with Gasteiger partial charge in [0.2, 0.25) is 0 Å². The molecule has 8 nitrogen and oxygen atoms in total. The molecule has 0 spiro atoms. The van der Waals surface area contributed by atoms with Crippen molar-refractivity contribution in [2.75, 3.05) is 6.61 Å². The quantitative estimate of drug-likeness (QED) is 0.740. The smallest absolute Gasteiger partial charge is 0.360 e. The van der Waals surface area contributed by atoms with Gasteiger partial charge in [-0.25, -0.2) is 19.1 Å². The maximum Gasteiger partial charge on any atom is 0.360 e. The number of carbonyl (C=O) groups excluding carboxylic acids is 1. The highest BCUT2D eigenvalue weighted by atomic mass is 16.5. The van der Waals surface area contributed by atoms with Gasteiger partial charge in [0.15, 0.2) is 5.69 Å². The summed E-state index contributed by atoms with van der Waals surface area (Å²) in [4.78, 5) is 16.0. The van der Waals surface area contributed by atoms with Gasteiger partial charge < -0.3 is 4.74 Å². The molecule has 0 amide bonds. The van der Waals surface area contributed by atoms with E-state index in [1.165, 1.54) is 6.33 Å². The number of carbonyl (C=O) groups is 1. The summed E-state index contributed by atoms with van der Waals surface area (Å²) < 4.78 is 8.42. The third-order valence-electron chi connectivity index (χ3n) is 2.98. The molecule has 0 aliphatic carbocycles. The van der Waals surface area contributed by atoms with Crippen molar-refractivity contribution in [2.24, 2.45) is 5.92 Å². The van der Waals surface area contributed by atoms with E-state index in [1.807, 2.05) is 4.68 Å². The number of hydrogen-bond acceptors (Lipinski definition) is 6. The van der Waals surface area contributed by atoms with Crippen molar-refractivity contribution in [1.82, 2.24) is 29.8 Å². The van der Waals surface area contributed by atoms with Crippen LogP contribution in [0.5, 0.6) is 0 Å². The lowest BCUT2D eigenvalue weighted by Gasteiger charge is -2.09. The lowest BCUT2D eigenvalue weighted by Crippen LogP contribution is -2.15. The second kappa shape index (κ2) is 6.47. The molecule has 8 heteroatoms. The molecule has 0 radical (unpaired) electrons. The fourth-order valence-electron chi connectivity index (χ4n) is 1.94. The average molecular weight is 292 g/mol. The number of aromatic nitrogens is 6. The molecule has 0 N–H and O–H groups in total. The van der Waals surface area contributed by atoms with Crippen LogP contribution in [0.4, 0.5) is 0 Å². The van der Waals surface area contributed by atoms with Crippen LogP contribution in [-0.2, 0) is 17.8 Å². The number of hydrogen-bond donors (Lipinski definition) is 0. The summed E-state index contributed by atoms with van der Waals surface area (Å²) in [6.45, 7) is 9.30. The van der Waals surface area contributed by atoms with Crippen LogP contribution < -0.4 is 0 Å². The van der Waals surface area contributed by atoms with Crippen LogP contribution in [0.15, 0.2) is 6.33 Å². The molecule has 0 saturated carbocycles. The third kappa shape index (κ3) is 3.45. The minimum atomic E-state index is -0.454. The van der Waals surface area contributed by atoms with Crippen molar-refractivity contribution in [3.8, 4) is 0 Å².